The first-order valence-corrected chi connectivity index (χ1v) is 9.56. The maximum Gasteiger partial charge on any atom is 0.251 e. The van der Waals surface area contributed by atoms with Crippen molar-refractivity contribution in [1.82, 2.24) is 10.2 Å². The summed E-state index contributed by atoms with van der Waals surface area (Å²) < 4.78 is 0. The van der Waals surface area contributed by atoms with E-state index in [4.69, 9.17) is 5.73 Å². The third-order valence-electron chi connectivity index (χ3n) is 5.09. The highest BCUT2D eigenvalue weighted by Crippen LogP contribution is 2.15. The zero-order valence-electron chi connectivity index (χ0n) is 15.6. The molecule has 138 valence electrons. The van der Waals surface area contributed by atoms with Crippen molar-refractivity contribution in [2.75, 3.05) is 18.8 Å². The number of nitrogen functional groups attached to an aromatic ring is 1. The van der Waals surface area contributed by atoms with Gasteiger partial charge in [-0.1, -0.05) is 43.2 Å². The Morgan fingerprint density at radius 3 is 2.35 bits per heavy atom. The summed E-state index contributed by atoms with van der Waals surface area (Å²) in [7, 11) is 0. The summed E-state index contributed by atoms with van der Waals surface area (Å²) in [6, 6.07) is 14.0. The van der Waals surface area contributed by atoms with Crippen molar-refractivity contribution in [1.29, 1.82) is 0 Å². The van der Waals surface area contributed by atoms with Crippen LogP contribution < -0.4 is 11.1 Å². The summed E-state index contributed by atoms with van der Waals surface area (Å²) in [5, 5.41) is 2.99. The fourth-order valence-corrected chi connectivity index (χ4v) is 3.48. The lowest BCUT2D eigenvalue weighted by atomic mass is 10.1. The van der Waals surface area contributed by atoms with Crippen LogP contribution in [0.25, 0.3) is 0 Å². The number of carbonyl (C=O) groups is 1. The average molecular weight is 351 g/mol. The third-order valence-corrected chi connectivity index (χ3v) is 5.09. The van der Waals surface area contributed by atoms with Gasteiger partial charge in [-0.2, -0.15) is 0 Å². The SMILES string of the molecule is Cc1ccc(N)cc1C(=O)NCc1ccc(CN2CCCCCC2)cc1. The molecule has 0 radical (unpaired) electrons. The quantitative estimate of drug-likeness (QED) is 0.804. The lowest BCUT2D eigenvalue weighted by Crippen LogP contribution is -2.24. The van der Waals surface area contributed by atoms with E-state index >= 15 is 0 Å². The summed E-state index contributed by atoms with van der Waals surface area (Å²) in [5.41, 5.74) is 10.4. The number of carbonyl (C=O) groups excluding carboxylic acids is 1. The van der Waals surface area contributed by atoms with Gasteiger partial charge in [-0.3, -0.25) is 9.69 Å². The minimum Gasteiger partial charge on any atom is -0.399 e. The Morgan fingerprint density at radius 2 is 1.65 bits per heavy atom. The first-order valence-electron chi connectivity index (χ1n) is 9.56. The van der Waals surface area contributed by atoms with Gasteiger partial charge in [0.25, 0.3) is 5.91 Å². The standard InChI is InChI=1S/C22H29N3O/c1-17-6-11-20(23)14-21(17)22(26)24-15-18-7-9-19(10-8-18)16-25-12-4-2-3-5-13-25/h6-11,14H,2-5,12-13,15-16,23H2,1H3,(H,24,26). The van der Waals surface area contributed by atoms with Crippen molar-refractivity contribution < 1.29 is 4.79 Å². The van der Waals surface area contributed by atoms with E-state index in [1.807, 2.05) is 19.1 Å². The number of nitrogens with zero attached hydrogens (tertiary/aromatic N) is 1. The van der Waals surface area contributed by atoms with Gasteiger partial charge in [0.2, 0.25) is 0 Å². The van der Waals surface area contributed by atoms with Crippen LogP contribution in [0.2, 0.25) is 0 Å². The van der Waals surface area contributed by atoms with Crippen LogP contribution in [0, 0.1) is 6.92 Å². The number of likely N-dealkylation sites (tertiary alicyclic amines) is 1. The molecule has 3 N–H and O–H groups in total. The first kappa shape index (κ1) is 18.5. The molecular formula is C22H29N3O. The monoisotopic (exact) mass is 351 g/mol. The molecule has 0 spiro atoms. The van der Waals surface area contributed by atoms with Crippen molar-refractivity contribution in [3.8, 4) is 0 Å². The summed E-state index contributed by atoms with van der Waals surface area (Å²) in [4.78, 5) is 14.9. The van der Waals surface area contributed by atoms with Gasteiger partial charge in [-0.25, -0.2) is 0 Å². The van der Waals surface area contributed by atoms with E-state index in [1.54, 1.807) is 6.07 Å². The molecular weight excluding hydrogens is 322 g/mol. The highest BCUT2D eigenvalue weighted by atomic mass is 16.1. The Labute approximate surface area is 156 Å². The summed E-state index contributed by atoms with van der Waals surface area (Å²) >= 11 is 0. The van der Waals surface area contributed by atoms with Crippen molar-refractivity contribution in [2.24, 2.45) is 0 Å². The molecule has 1 heterocycles. The van der Waals surface area contributed by atoms with Crippen molar-refractivity contribution in [3.63, 3.8) is 0 Å². The number of aryl methyl sites for hydroxylation is 1. The van der Waals surface area contributed by atoms with Crippen LogP contribution in [0.1, 0.15) is 52.7 Å². The number of hydrogen-bond acceptors (Lipinski definition) is 3. The summed E-state index contributed by atoms with van der Waals surface area (Å²) in [6.45, 7) is 5.88. The van der Waals surface area contributed by atoms with Crippen LogP contribution >= 0.6 is 0 Å². The lowest BCUT2D eigenvalue weighted by Gasteiger charge is -2.19. The van der Waals surface area contributed by atoms with E-state index in [0.717, 1.165) is 17.7 Å². The van der Waals surface area contributed by atoms with Crippen LogP contribution in [0.15, 0.2) is 42.5 Å². The molecule has 0 bridgehead atoms. The maximum atomic E-state index is 12.4. The molecule has 1 fully saturated rings. The fraction of sp³-hybridized carbons (Fsp3) is 0.409. The Hall–Kier alpha value is -2.33. The topological polar surface area (TPSA) is 58.4 Å². The molecule has 1 aliphatic rings. The molecule has 1 amide bonds. The van der Waals surface area contributed by atoms with E-state index in [0.29, 0.717) is 17.8 Å². The van der Waals surface area contributed by atoms with Crippen molar-refractivity contribution >= 4 is 11.6 Å². The van der Waals surface area contributed by atoms with Crippen LogP contribution in [0.3, 0.4) is 0 Å². The summed E-state index contributed by atoms with van der Waals surface area (Å²) in [5.74, 6) is -0.0801. The minimum absolute atomic E-state index is 0.0801. The molecule has 2 aromatic carbocycles. The molecule has 3 rings (SSSR count). The van der Waals surface area contributed by atoms with Crippen LogP contribution in [0.5, 0.6) is 0 Å². The Balaban J connectivity index is 1.54. The molecule has 2 aromatic rings. The van der Waals surface area contributed by atoms with Gasteiger partial charge >= 0.3 is 0 Å². The Morgan fingerprint density at radius 1 is 1.00 bits per heavy atom. The fourth-order valence-electron chi connectivity index (χ4n) is 3.48. The smallest absolute Gasteiger partial charge is 0.251 e. The van der Waals surface area contributed by atoms with E-state index in [2.05, 4.69) is 34.5 Å². The van der Waals surface area contributed by atoms with Crippen LogP contribution in [0.4, 0.5) is 5.69 Å². The van der Waals surface area contributed by atoms with Crippen molar-refractivity contribution in [2.45, 2.75) is 45.7 Å². The second-order valence-corrected chi connectivity index (χ2v) is 7.26. The number of amides is 1. The van der Waals surface area contributed by atoms with Gasteiger partial charge in [-0.05, 0) is 61.7 Å². The molecule has 0 atom stereocenters. The highest BCUT2D eigenvalue weighted by Gasteiger charge is 2.11. The maximum absolute atomic E-state index is 12.4. The van der Waals surface area contributed by atoms with Crippen molar-refractivity contribution in [3.05, 3.63) is 64.7 Å². The zero-order chi connectivity index (χ0) is 18.4. The molecule has 0 unspecified atom stereocenters. The predicted octanol–water partition coefficient (Wildman–Crippen LogP) is 3.88. The lowest BCUT2D eigenvalue weighted by molar-refractivity contribution is 0.0950. The van der Waals surface area contributed by atoms with Gasteiger partial charge in [0, 0.05) is 24.3 Å². The third kappa shape index (κ3) is 5.09. The average Bonchev–Trinajstić information content (AvgIpc) is 2.91. The van der Waals surface area contributed by atoms with Crippen LogP contribution in [-0.2, 0) is 13.1 Å². The Kier molecular flexibility index (Phi) is 6.29. The molecule has 1 saturated heterocycles. The largest absolute Gasteiger partial charge is 0.399 e. The van der Waals surface area contributed by atoms with Crippen LogP contribution in [-0.4, -0.2) is 23.9 Å². The van der Waals surface area contributed by atoms with Gasteiger partial charge in [0.15, 0.2) is 0 Å². The number of rotatable bonds is 5. The molecule has 4 nitrogen and oxygen atoms in total. The molecule has 0 saturated carbocycles. The number of nitrogens with one attached hydrogen (secondary N) is 1. The normalized spacial score (nSPS) is 15.4. The van der Waals surface area contributed by atoms with E-state index < -0.39 is 0 Å². The van der Waals surface area contributed by atoms with E-state index in [-0.39, 0.29) is 5.91 Å². The molecule has 26 heavy (non-hydrogen) atoms. The highest BCUT2D eigenvalue weighted by molar-refractivity contribution is 5.96. The van der Waals surface area contributed by atoms with E-state index in [1.165, 1.54) is 44.3 Å². The molecule has 4 heteroatoms. The summed E-state index contributed by atoms with van der Waals surface area (Å²) in [6.07, 6.45) is 5.35. The second-order valence-electron chi connectivity index (χ2n) is 7.26. The molecule has 1 aliphatic heterocycles. The first-order chi connectivity index (χ1) is 12.6. The zero-order valence-corrected chi connectivity index (χ0v) is 15.6. The van der Waals surface area contributed by atoms with Gasteiger partial charge in [0.1, 0.15) is 0 Å². The molecule has 0 aliphatic carbocycles. The second kappa shape index (κ2) is 8.86. The number of anilines is 1. The number of benzene rings is 2. The van der Waals surface area contributed by atoms with E-state index in [9.17, 15) is 4.79 Å². The van der Waals surface area contributed by atoms with Gasteiger partial charge < -0.3 is 11.1 Å². The minimum atomic E-state index is -0.0801. The number of nitrogens with two attached hydrogens (primary N) is 1. The predicted molar refractivity (Wildman–Crippen MR) is 107 cm³/mol. The van der Waals surface area contributed by atoms with Gasteiger partial charge in [-0.15, -0.1) is 0 Å². The number of hydrogen-bond donors (Lipinski definition) is 2. The van der Waals surface area contributed by atoms with Gasteiger partial charge in [0.05, 0.1) is 0 Å². The Bertz CT molecular complexity index is 732. The molecule has 0 aromatic heterocycles.